The number of likely N-dealkylation sites (tertiary alicyclic amines) is 1. The van der Waals surface area contributed by atoms with Crippen molar-refractivity contribution >= 4 is 5.91 Å². The van der Waals surface area contributed by atoms with Crippen LogP contribution in [0.3, 0.4) is 0 Å². The highest BCUT2D eigenvalue weighted by atomic mass is 16.5. The number of para-hydroxylation sites is 1. The van der Waals surface area contributed by atoms with Crippen molar-refractivity contribution in [3.63, 3.8) is 0 Å². The Labute approximate surface area is 126 Å². The molecule has 21 heavy (non-hydrogen) atoms. The molecule has 1 aliphatic rings. The van der Waals surface area contributed by atoms with Crippen LogP contribution in [0.1, 0.15) is 25.3 Å². The third-order valence-electron chi connectivity index (χ3n) is 3.85. The van der Waals surface area contributed by atoms with Gasteiger partial charge in [-0.1, -0.05) is 18.2 Å². The molecule has 1 heterocycles. The van der Waals surface area contributed by atoms with E-state index in [2.05, 4.69) is 10.2 Å². The van der Waals surface area contributed by atoms with Crippen molar-refractivity contribution in [3.05, 3.63) is 29.8 Å². The van der Waals surface area contributed by atoms with Crippen molar-refractivity contribution in [3.8, 4) is 5.75 Å². The summed E-state index contributed by atoms with van der Waals surface area (Å²) in [7, 11) is 0. The number of ether oxygens (including phenoxy) is 1. The molecule has 1 saturated heterocycles. The van der Waals surface area contributed by atoms with Crippen LogP contribution in [-0.4, -0.2) is 43.1 Å². The van der Waals surface area contributed by atoms with E-state index in [4.69, 9.17) is 10.5 Å². The number of amides is 1. The van der Waals surface area contributed by atoms with Gasteiger partial charge in [0, 0.05) is 44.7 Å². The highest BCUT2D eigenvalue weighted by molar-refractivity contribution is 5.73. The molecule has 0 atom stereocenters. The van der Waals surface area contributed by atoms with E-state index in [-0.39, 0.29) is 5.91 Å². The first-order chi connectivity index (χ1) is 10.2. The van der Waals surface area contributed by atoms with E-state index in [0.717, 1.165) is 43.8 Å². The molecule has 1 aliphatic heterocycles. The van der Waals surface area contributed by atoms with Gasteiger partial charge in [-0.15, -0.1) is 0 Å². The average molecular weight is 291 g/mol. The zero-order valence-electron chi connectivity index (χ0n) is 12.7. The molecular weight excluding hydrogens is 266 g/mol. The van der Waals surface area contributed by atoms with Gasteiger partial charge in [-0.05, 0) is 18.9 Å². The number of carbonyl (C=O) groups is 1. The molecule has 0 saturated carbocycles. The maximum absolute atomic E-state index is 11.0. The number of nitrogens with zero attached hydrogens (tertiary/aromatic N) is 1. The van der Waals surface area contributed by atoms with Gasteiger partial charge in [0.25, 0.3) is 0 Å². The molecule has 1 fully saturated rings. The van der Waals surface area contributed by atoms with Crippen LogP contribution in [0.2, 0.25) is 0 Å². The predicted octanol–water partition coefficient (Wildman–Crippen LogP) is 1.12. The normalized spacial score (nSPS) is 16.7. The van der Waals surface area contributed by atoms with E-state index in [9.17, 15) is 4.79 Å². The Morgan fingerprint density at radius 2 is 2.10 bits per heavy atom. The van der Waals surface area contributed by atoms with Crippen molar-refractivity contribution in [1.82, 2.24) is 10.2 Å². The van der Waals surface area contributed by atoms with Crippen LogP contribution >= 0.6 is 0 Å². The maximum Gasteiger partial charge on any atom is 0.217 e. The molecule has 2 rings (SSSR count). The molecule has 0 radical (unpaired) electrons. The quantitative estimate of drug-likeness (QED) is 0.824. The van der Waals surface area contributed by atoms with Crippen LogP contribution in [0.4, 0.5) is 0 Å². The highest BCUT2D eigenvalue weighted by Crippen LogP contribution is 2.17. The lowest BCUT2D eigenvalue weighted by Gasteiger charge is -2.32. The highest BCUT2D eigenvalue weighted by Gasteiger charge is 2.19. The molecule has 3 N–H and O–H groups in total. The first-order valence-electron chi connectivity index (χ1n) is 7.59. The van der Waals surface area contributed by atoms with E-state index in [1.54, 1.807) is 6.92 Å². The zero-order valence-corrected chi connectivity index (χ0v) is 12.7. The molecule has 1 aromatic carbocycles. The van der Waals surface area contributed by atoms with Gasteiger partial charge in [-0.2, -0.15) is 0 Å². The molecule has 5 heteroatoms. The largest absolute Gasteiger partial charge is 0.492 e. The third-order valence-corrected chi connectivity index (χ3v) is 3.85. The summed E-state index contributed by atoms with van der Waals surface area (Å²) >= 11 is 0. The van der Waals surface area contributed by atoms with Gasteiger partial charge in [0.15, 0.2) is 0 Å². The van der Waals surface area contributed by atoms with Crippen LogP contribution in [-0.2, 0) is 11.3 Å². The Morgan fingerprint density at radius 1 is 1.38 bits per heavy atom. The molecule has 0 unspecified atom stereocenters. The zero-order chi connectivity index (χ0) is 15.1. The Hall–Kier alpha value is -1.59. The third kappa shape index (κ3) is 5.02. The fraction of sp³-hybridized carbons (Fsp3) is 0.562. The summed E-state index contributed by atoms with van der Waals surface area (Å²) in [5.74, 6) is 0.948. The Balaban J connectivity index is 1.69. The van der Waals surface area contributed by atoms with Crippen molar-refractivity contribution in [2.75, 3.05) is 26.2 Å². The Morgan fingerprint density at radius 3 is 2.76 bits per heavy atom. The molecular formula is C16H25N3O2. The molecule has 0 bridgehead atoms. The summed E-state index contributed by atoms with van der Waals surface area (Å²) in [4.78, 5) is 13.4. The van der Waals surface area contributed by atoms with Gasteiger partial charge in [0.05, 0.1) is 0 Å². The number of hydrogen-bond donors (Lipinski definition) is 2. The van der Waals surface area contributed by atoms with Crippen LogP contribution in [0.5, 0.6) is 5.75 Å². The minimum Gasteiger partial charge on any atom is -0.492 e. The van der Waals surface area contributed by atoms with Crippen LogP contribution in [0.25, 0.3) is 0 Å². The summed E-state index contributed by atoms with van der Waals surface area (Å²) in [6.07, 6.45) is 2.03. The predicted molar refractivity (Wildman–Crippen MR) is 83.1 cm³/mol. The molecule has 116 valence electrons. The van der Waals surface area contributed by atoms with Crippen LogP contribution in [0, 0.1) is 0 Å². The van der Waals surface area contributed by atoms with Gasteiger partial charge in [0.2, 0.25) is 5.91 Å². The number of piperidine rings is 1. The van der Waals surface area contributed by atoms with Gasteiger partial charge in [0.1, 0.15) is 12.4 Å². The van der Waals surface area contributed by atoms with E-state index < -0.39 is 0 Å². The summed E-state index contributed by atoms with van der Waals surface area (Å²) < 4.78 is 5.83. The summed E-state index contributed by atoms with van der Waals surface area (Å²) in [6, 6.07) is 8.23. The van der Waals surface area contributed by atoms with Crippen molar-refractivity contribution in [2.24, 2.45) is 5.73 Å². The van der Waals surface area contributed by atoms with E-state index in [1.807, 2.05) is 24.3 Å². The second-order valence-corrected chi connectivity index (χ2v) is 5.48. The topological polar surface area (TPSA) is 67.6 Å². The number of rotatable bonds is 6. The first-order valence-corrected chi connectivity index (χ1v) is 7.59. The summed E-state index contributed by atoms with van der Waals surface area (Å²) in [5.41, 5.74) is 6.74. The smallest absolute Gasteiger partial charge is 0.217 e. The monoisotopic (exact) mass is 291 g/mol. The molecule has 5 nitrogen and oxygen atoms in total. The number of benzene rings is 1. The number of hydrogen-bond acceptors (Lipinski definition) is 4. The molecule has 1 amide bonds. The van der Waals surface area contributed by atoms with Gasteiger partial charge < -0.3 is 15.8 Å². The Kier molecular flexibility index (Phi) is 6.02. The second kappa shape index (κ2) is 8.00. The maximum atomic E-state index is 11.0. The Bertz CT molecular complexity index is 457. The van der Waals surface area contributed by atoms with Crippen molar-refractivity contribution in [2.45, 2.75) is 32.4 Å². The number of nitrogens with two attached hydrogens (primary N) is 1. The molecule has 0 spiro atoms. The molecule has 0 aromatic heterocycles. The van der Waals surface area contributed by atoms with Gasteiger partial charge in [-0.3, -0.25) is 9.69 Å². The van der Waals surface area contributed by atoms with Crippen molar-refractivity contribution < 1.29 is 9.53 Å². The second-order valence-electron chi connectivity index (χ2n) is 5.48. The lowest BCUT2D eigenvalue weighted by atomic mass is 10.1. The van der Waals surface area contributed by atoms with Crippen LogP contribution < -0.4 is 15.8 Å². The molecule has 1 aromatic rings. The van der Waals surface area contributed by atoms with Crippen molar-refractivity contribution in [1.29, 1.82) is 0 Å². The lowest BCUT2D eigenvalue weighted by Crippen LogP contribution is -2.45. The van der Waals surface area contributed by atoms with Gasteiger partial charge in [-0.25, -0.2) is 0 Å². The summed E-state index contributed by atoms with van der Waals surface area (Å²) in [5, 5.41) is 2.99. The fourth-order valence-corrected chi connectivity index (χ4v) is 2.69. The van der Waals surface area contributed by atoms with Crippen LogP contribution in [0.15, 0.2) is 24.3 Å². The van der Waals surface area contributed by atoms with E-state index in [1.165, 1.54) is 0 Å². The fourth-order valence-electron chi connectivity index (χ4n) is 2.69. The SMILES string of the molecule is CC(=O)NC1CCN(CCOc2ccccc2CN)CC1. The lowest BCUT2D eigenvalue weighted by molar-refractivity contribution is -0.119. The average Bonchev–Trinajstić information content (AvgIpc) is 2.49. The number of nitrogens with one attached hydrogen (secondary N) is 1. The van der Waals surface area contributed by atoms with Gasteiger partial charge >= 0.3 is 0 Å². The molecule has 0 aliphatic carbocycles. The minimum absolute atomic E-state index is 0.0650. The minimum atomic E-state index is 0.0650. The summed E-state index contributed by atoms with van der Waals surface area (Å²) in [6.45, 7) is 5.67. The van der Waals surface area contributed by atoms with E-state index in [0.29, 0.717) is 19.2 Å². The van der Waals surface area contributed by atoms with E-state index >= 15 is 0 Å². The first kappa shape index (κ1) is 15.8. The standard InChI is InChI=1S/C16H25N3O2/c1-13(20)18-15-6-8-19(9-7-15)10-11-21-16-5-3-2-4-14(16)12-17/h2-5,15H,6-12,17H2,1H3,(H,18,20). The number of carbonyl (C=O) groups excluding carboxylic acids is 1.